The predicted molar refractivity (Wildman–Crippen MR) is 75.6 cm³/mol. The molecule has 0 aromatic heterocycles. The van der Waals surface area contributed by atoms with Gasteiger partial charge in [0.1, 0.15) is 0 Å². The fourth-order valence-corrected chi connectivity index (χ4v) is 2.56. The molecule has 0 spiro atoms. The van der Waals surface area contributed by atoms with E-state index in [2.05, 4.69) is 36.4 Å². The second-order valence-corrected chi connectivity index (χ2v) is 6.22. The Labute approximate surface area is 111 Å². The molecule has 0 aromatic rings. The van der Waals surface area contributed by atoms with E-state index in [9.17, 15) is 4.79 Å². The maximum absolute atomic E-state index is 11.7. The summed E-state index contributed by atoms with van der Waals surface area (Å²) in [5, 5.41) is 6.15. The van der Waals surface area contributed by atoms with Crippen LogP contribution in [0.15, 0.2) is 0 Å². The van der Waals surface area contributed by atoms with Gasteiger partial charge in [0, 0.05) is 19.5 Å². The molecule has 4 heteroatoms. The van der Waals surface area contributed by atoms with Crippen molar-refractivity contribution >= 4 is 5.91 Å². The monoisotopic (exact) mass is 255 g/mol. The predicted octanol–water partition coefficient (Wildman–Crippen LogP) is 1.08. The lowest BCUT2D eigenvalue weighted by molar-refractivity contribution is -0.121. The SMILES string of the molecule is CNCCCC(=O)NCC(C)(C)C1CCN(C)C1. The zero-order valence-electron chi connectivity index (χ0n) is 12.4. The third-order valence-corrected chi connectivity index (χ3v) is 4.07. The molecule has 18 heavy (non-hydrogen) atoms. The second kappa shape index (κ2) is 7.10. The van der Waals surface area contributed by atoms with E-state index < -0.39 is 0 Å². The zero-order valence-corrected chi connectivity index (χ0v) is 12.4. The Balaban J connectivity index is 2.26. The number of rotatable bonds is 7. The van der Waals surface area contributed by atoms with Crippen molar-refractivity contribution in [1.29, 1.82) is 0 Å². The molecular weight excluding hydrogens is 226 g/mol. The van der Waals surface area contributed by atoms with E-state index >= 15 is 0 Å². The Morgan fingerprint density at radius 3 is 2.72 bits per heavy atom. The molecule has 1 aliphatic heterocycles. The molecule has 1 rings (SSSR count). The molecule has 0 radical (unpaired) electrons. The summed E-state index contributed by atoms with van der Waals surface area (Å²) in [6, 6.07) is 0. The molecule has 0 bridgehead atoms. The van der Waals surface area contributed by atoms with Crippen LogP contribution in [-0.4, -0.2) is 51.1 Å². The Bertz CT molecular complexity index is 266. The van der Waals surface area contributed by atoms with E-state index in [0.29, 0.717) is 12.3 Å². The van der Waals surface area contributed by atoms with Crippen LogP contribution in [0.5, 0.6) is 0 Å². The lowest BCUT2D eigenvalue weighted by Crippen LogP contribution is -2.39. The standard InChI is InChI=1S/C14H29N3O/c1-14(2,12-7-9-17(4)10-12)11-16-13(18)6-5-8-15-3/h12,15H,5-11H2,1-4H3,(H,16,18). The molecule has 1 atom stereocenters. The number of hydrogen-bond acceptors (Lipinski definition) is 3. The molecule has 0 saturated carbocycles. The van der Waals surface area contributed by atoms with Gasteiger partial charge in [-0.2, -0.15) is 0 Å². The first-order chi connectivity index (χ1) is 8.45. The van der Waals surface area contributed by atoms with Crippen LogP contribution in [0, 0.1) is 11.3 Å². The van der Waals surface area contributed by atoms with Crippen molar-refractivity contribution < 1.29 is 4.79 Å². The molecule has 1 unspecified atom stereocenters. The largest absolute Gasteiger partial charge is 0.356 e. The minimum atomic E-state index is 0.185. The maximum atomic E-state index is 11.7. The third-order valence-electron chi connectivity index (χ3n) is 4.07. The molecule has 1 saturated heterocycles. The number of nitrogens with zero attached hydrogens (tertiary/aromatic N) is 1. The van der Waals surface area contributed by atoms with Crippen LogP contribution < -0.4 is 10.6 Å². The number of carbonyl (C=O) groups is 1. The first kappa shape index (κ1) is 15.4. The van der Waals surface area contributed by atoms with E-state index in [1.807, 2.05) is 7.05 Å². The van der Waals surface area contributed by atoms with Crippen LogP contribution in [0.25, 0.3) is 0 Å². The van der Waals surface area contributed by atoms with E-state index in [1.54, 1.807) is 0 Å². The van der Waals surface area contributed by atoms with E-state index in [1.165, 1.54) is 13.0 Å². The lowest BCUT2D eigenvalue weighted by Gasteiger charge is -2.31. The smallest absolute Gasteiger partial charge is 0.220 e. The van der Waals surface area contributed by atoms with Gasteiger partial charge >= 0.3 is 0 Å². The average molecular weight is 255 g/mol. The van der Waals surface area contributed by atoms with Gasteiger partial charge in [0.05, 0.1) is 0 Å². The van der Waals surface area contributed by atoms with Crippen LogP contribution in [-0.2, 0) is 4.79 Å². The van der Waals surface area contributed by atoms with Crippen molar-refractivity contribution in [2.75, 3.05) is 40.3 Å². The molecule has 0 aromatic carbocycles. The van der Waals surface area contributed by atoms with Gasteiger partial charge in [-0.3, -0.25) is 4.79 Å². The van der Waals surface area contributed by atoms with Gasteiger partial charge in [0.15, 0.2) is 0 Å². The minimum absolute atomic E-state index is 0.185. The molecule has 1 amide bonds. The van der Waals surface area contributed by atoms with Gasteiger partial charge in [0.2, 0.25) is 5.91 Å². The first-order valence-electron chi connectivity index (χ1n) is 7.05. The Morgan fingerprint density at radius 2 is 2.17 bits per heavy atom. The molecule has 4 nitrogen and oxygen atoms in total. The highest BCUT2D eigenvalue weighted by Crippen LogP contribution is 2.33. The highest BCUT2D eigenvalue weighted by Gasteiger charge is 2.33. The first-order valence-corrected chi connectivity index (χ1v) is 7.05. The second-order valence-electron chi connectivity index (χ2n) is 6.22. The minimum Gasteiger partial charge on any atom is -0.356 e. The summed E-state index contributed by atoms with van der Waals surface area (Å²) >= 11 is 0. The topological polar surface area (TPSA) is 44.4 Å². The summed E-state index contributed by atoms with van der Waals surface area (Å²) in [6.07, 6.45) is 2.79. The van der Waals surface area contributed by atoms with Gasteiger partial charge in [-0.1, -0.05) is 13.8 Å². The van der Waals surface area contributed by atoms with Crippen LogP contribution in [0.2, 0.25) is 0 Å². The molecule has 106 valence electrons. The molecule has 1 heterocycles. The fraction of sp³-hybridized carbons (Fsp3) is 0.929. The summed E-state index contributed by atoms with van der Waals surface area (Å²) in [5.41, 5.74) is 0.198. The van der Waals surface area contributed by atoms with Crippen molar-refractivity contribution in [2.24, 2.45) is 11.3 Å². The Kier molecular flexibility index (Phi) is 6.09. The quantitative estimate of drug-likeness (QED) is 0.669. The Morgan fingerprint density at radius 1 is 1.44 bits per heavy atom. The summed E-state index contributed by atoms with van der Waals surface area (Å²) in [4.78, 5) is 14.1. The van der Waals surface area contributed by atoms with Gasteiger partial charge in [-0.05, 0) is 51.4 Å². The molecule has 1 aliphatic rings. The highest BCUT2D eigenvalue weighted by molar-refractivity contribution is 5.75. The third kappa shape index (κ3) is 4.94. The molecule has 1 fully saturated rings. The molecule has 2 N–H and O–H groups in total. The number of nitrogens with one attached hydrogen (secondary N) is 2. The van der Waals surface area contributed by atoms with E-state index in [4.69, 9.17) is 0 Å². The maximum Gasteiger partial charge on any atom is 0.220 e. The number of carbonyl (C=O) groups excluding carboxylic acids is 1. The van der Waals surface area contributed by atoms with Crippen LogP contribution >= 0.6 is 0 Å². The lowest BCUT2D eigenvalue weighted by atomic mass is 9.78. The summed E-state index contributed by atoms with van der Waals surface area (Å²) in [5.74, 6) is 0.879. The summed E-state index contributed by atoms with van der Waals surface area (Å²) in [7, 11) is 4.09. The van der Waals surface area contributed by atoms with Crippen molar-refractivity contribution in [3.05, 3.63) is 0 Å². The van der Waals surface area contributed by atoms with Gasteiger partial charge in [-0.25, -0.2) is 0 Å². The molecular formula is C14H29N3O. The van der Waals surface area contributed by atoms with Crippen LogP contribution in [0.4, 0.5) is 0 Å². The number of amides is 1. The summed E-state index contributed by atoms with van der Waals surface area (Å²) in [6.45, 7) is 8.58. The Hall–Kier alpha value is -0.610. The fourth-order valence-electron chi connectivity index (χ4n) is 2.56. The van der Waals surface area contributed by atoms with Gasteiger partial charge in [0.25, 0.3) is 0 Å². The van der Waals surface area contributed by atoms with Crippen LogP contribution in [0.3, 0.4) is 0 Å². The summed E-state index contributed by atoms with van der Waals surface area (Å²) < 4.78 is 0. The van der Waals surface area contributed by atoms with Gasteiger partial charge in [-0.15, -0.1) is 0 Å². The number of likely N-dealkylation sites (tertiary alicyclic amines) is 1. The van der Waals surface area contributed by atoms with Crippen molar-refractivity contribution in [3.8, 4) is 0 Å². The normalized spacial score (nSPS) is 21.2. The average Bonchev–Trinajstić information content (AvgIpc) is 2.75. The van der Waals surface area contributed by atoms with Crippen molar-refractivity contribution in [3.63, 3.8) is 0 Å². The molecule has 0 aliphatic carbocycles. The van der Waals surface area contributed by atoms with E-state index in [-0.39, 0.29) is 11.3 Å². The van der Waals surface area contributed by atoms with Crippen molar-refractivity contribution in [1.82, 2.24) is 15.5 Å². The van der Waals surface area contributed by atoms with Crippen LogP contribution in [0.1, 0.15) is 33.1 Å². The van der Waals surface area contributed by atoms with Crippen molar-refractivity contribution in [2.45, 2.75) is 33.1 Å². The number of hydrogen-bond donors (Lipinski definition) is 2. The zero-order chi connectivity index (χ0) is 13.6. The highest BCUT2D eigenvalue weighted by atomic mass is 16.1. The van der Waals surface area contributed by atoms with E-state index in [0.717, 1.165) is 26.1 Å². The van der Waals surface area contributed by atoms with Gasteiger partial charge < -0.3 is 15.5 Å².